The van der Waals surface area contributed by atoms with Gasteiger partial charge in [0.1, 0.15) is 5.56 Å². The molecular weight excluding hydrogens is 370 g/mol. The van der Waals surface area contributed by atoms with Crippen LogP contribution in [0.1, 0.15) is 18.1 Å². The fourth-order valence-corrected chi connectivity index (χ4v) is 3.06. The van der Waals surface area contributed by atoms with E-state index >= 15 is 0 Å². The highest BCUT2D eigenvalue weighted by Crippen LogP contribution is 2.23. The fraction of sp³-hybridized carbons (Fsp3) is 0.0741. The van der Waals surface area contributed by atoms with Crippen molar-refractivity contribution in [2.45, 2.75) is 6.92 Å². The highest BCUT2D eigenvalue weighted by molar-refractivity contribution is 5.97. The highest BCUT2D eigenvalue weighted by atomic mass is 16.6. The van der Waals surface area contributed by atoms with Crippen LogP contribution in [0.2, 0.25) is 0 Å². The Bertz CT molecular complexity index is 1230. The van der Waals surface area contributed by atoms with Crippen LogP contribution < -0.4 is 10.4 Å². The minimum absolute atomic E-state index is 0.141. The van der Waals surface area contributed by atoms with Crippen molar-refractivity contribution in [1.29, 1.82) is 0 Å². The third-order valence-electron chi connectivity index (χ3n) is 4.63. The predicted molar refractivity (Wildman–Crippen MR) is 124 cm³/mol. The van der Waals surface area contributed by atoms with Gasteiger partial charge in [0.25, 0.3) is 5.95 Å². The SMILES string of the molecule is CO/C(O)=C/C=C(/C(C)=c1\cccc\c1=C\[N+]#Cc1ccccc1)c1ccccc1. The molecule has 3 heteroatoms. The number of hydrogen-bond acceptors (Lipinski definition) is 2. The zero-order valence-corrected chi connectivity index (χ0v) is 17.1. The Morgan fingerprint density at radius 2 is 1.50 bits per heavy atom. The number of rotatable bonds is 4. The first-order valence-electron chi connectivity index (χ1n) is 9.67. The predicted octanol–water partition coefficient (Wildman–Crippen LogP) is 5.11. The van der Waals surface area contributed by atoms with Gasteiger partial charge < -0.3 is 9.84 Å². The van der Waals surface area contributed by atoms with Crippen molar-refractivity contribution in [3.63, 3.8) is 0 Å². The molecule has 3 aromatic carbocycles. The highest BCUT2D eigenvalue weighted by Gasteiger charge is 2.06. The molecule has 0 aliphatic rings. The quantitative estimate of drug-likeness (QED) is 0.493. The molecule has 3 rings (SSSR count). The maximum absolute atomic E-state index is 9.74. The molecule has 0 unspecified atom stereocenters. The minimum Gasteiger partial charge on any atom is -0.481 e. The van der Waals surface area contributed by atoms with Gasteiger partial charge in [-0.3, -0.25) is 0 Å². The smallest absolute Gasteiger partial charge is 0.319 e. The van der Waals surface area contributed by atoms with E-state index < -0.39 is 0 Å². The van der Waals surface area contributed by atoms with Crippen LogP contribution >= 0.6 is 0 Å². The normalized spacial score (nSPS) is 13.3. The Morgan fingerprint density at radius 1 is 0.867 bits per heavy atom. The summed E-state index contributed by atoms with van der Waals surface area (Å²) >= 11 is 0. The summed E-state index contributed by atoms with van der Waals surface area (Å²) in [6.45, 7) is 2.06. The van der Waals surface area contributed by atoms with Gasteiger partial charge in [0.15, 0.2) is 0 Å². The van der Waals surface area contributed by atoms with E-state index in [2.05, 4.69) is 23.9 Å². The van der Waals surface area contributed by atoms with Gasteiger partial charge in [-0.25, -0.2) is 0 Å². The Hall–Kier alpha value is -4.03. The lowest BCUT2D eigenvalue weighted by Crippen LogP contribution is -2.25. The summed E-state index contributed by atoms with van der Waals surface area (Å²) in [5.41, 5.74) is 4.01. The van der Waals surface area contributed by atoms with Crippen LogP contribution in [0.4, 0.5) is 0 Å². The average Bonchev–Trinajstić information content (AvgIpc) is 2.80. The molecule has 0 amide bonds. The summed E-state index contributed by atoms with van der Waals surface area (Å²) in [6, 6.07) is 31.0. The van der Waals surface area contributed by atoms with Crippen LogP contribution in [-0.4, -0.2) is 12.2 Å². The third kappa shape index (κ3) is 5.50. The molecule has 0 saturated heterocycles. The van der Waals surface area contributed by atoms with E-state index in [1.54, 1.807) is 6.08 Å². The Kier molecular flexibility index (Phi) is 7.24. The van der Waals surface area contributed by atoms with Crippen LogP contribution in [0.15, 0.2) is 103 Å². The summed E-state index contributed by atoms with van der Waals surface area (Å²) in [6.07, 6.45) is 5.23. The molecule has 0 saturated carbocycles. The van der Waals surface area contributed by atoms with E-state index in [-0.39, 0.29) is 5.95 Å². The number of hydrogen-bond donors (Lipinski definition) is 1. The number of benzene rings is 3. The lowest BCUT2D eigenvalue weighted by atomic mass is 9.96. The largest absolute Gasteiger partial charge is 0.481 e. The first-order valence-corrected chi connectivity index (χ1v) is 9.67. The van der Waals surface area contributed by atoms with E-state index in [0.717, 1.165) is 32.7 Å². The molecule has 3 aromatic rings. The lowest BCUT2D eigenvalue weighted by Gasteiger charge is -2.08. The number of aliphatic hydroxyl groups excluding tert-OH is 1. The molecule has 0 aliphatic heterocycles. The second kappa shape index (κ2) is 10.5. The van der Waals surface area contributed by atoms with Crippen LogP contribution in [-0.2, 0) is 4.74 Å². The van der Waals surface area contributed by atoms with Crippen LogP contribution in [0, 0.1) is 6.07 Å². The van der Waals surface area contributed by atoms with Crippen LogP contribution in [0.5, 0.6) is 0 Å². The molecule has 0 bridgehead atoms. The van der Waals surface area contributed by atoms with E-state index in [1.165, 1.54) is 7.11 Å². The van der Waals surface area contributed by atoms with E-state index in [1.807, 2.05) is 91.1 Å². The summed E-state index contributed by atoms with van der Waals surface area (Å²) in [4.78, 5) is 4.39. The van der Waals surface area contributed by atoms with Crippen molar-refractivity contribution in [2.75, 3.05) is 7.11 Å². The lowest BCUT2D eigenvalue weighted by molar-refractivity contribution is 0.136. The molecule has 0 spiro atoms. The Balaban J connectivity index is 2.16. The summed E-state index contributed by atoms with van der Waals surface area (Å²) in [5.74, 6) is -0.141. The van der Waals surface area contributed by atoms with Gasteiger partial charge in [-0.05, 0) is 58.0 Å². The first kappa shape index (κ1) is 20.7. The monoisotopic (exact) mass is 394 g/mol. The zero-order chi connectivity index (χ0) is 21.2. The maximum atomic E-state index is 9.74. The third-order valence-corrected chi connectivity index (χ3v) is 4.63. The number of nitrogens with zero attached hydrogens (tertiary/aromatic N) is 1. The van der Waals surface area contributed by atoms with Gasteiger partial charge in [-0.15, -0.1) is 0 Å². The fourth-order valence-electron chi connectivity index (χ4n) is 3.06. The summed E-state index contributed by atoms with van der Waals surface area (Å²) in [5, 5.41) is 11.8. The zero-order valence-electron chi connectivity index (χ0n) is 17.1. The molecule has 0 heterocycles. The van der Waals surface area contributed by atoms with Gasteiger partial charge in [-0.2, -0.15) is 0 Å². The topological polar surface area (TPSA) is 33.8 Å². The summed E-state index contributed by atoms with van der Waals surface area (Å²) < 4.78 is 4.87. The van der Waals surface area contributed by atoms with Crippen molar-refractivity contribution in [3.8, 4) is 6.07 Å². The molecule has 0 atom stereocenters. The molecule has 3 nitrogen and oxygen atoms in total. The van der Waals surface area contributed by atoms with Gasteiger partial charge in [-0.1, -0.05) is 66.7 Å². The molecule has 148 valence electrons. The molecule has 1 N–H and O–H groups in total. The molecule has 0 aromatic heterocycles. The van der Waals surface area contributed by atoms with Crippen molar-refractivity contribution in [3.05, 3.63) is 129 Å². The van der Waals surface area contributed by atoms with Gasteiger partial charge in [0.2, 0.25) is 0 Å². The summed E-state index contributed by atoms with van der Waals surface area (Å²) in [7, 11) is 1.43. The Morgan fingerprint density at radius 3 is 2.20 bits per heavy atom. The Labute approximate surface area is 177 Å². The number of methoxy groups -OCH3 is 1. The van der Waals surface area contributed by atoms with E-state index in [4.69, 9.17) is 4.74 Å². The van der Waals surface area contributed by atoms with Crippen molar-refractivity contribution in [1.82, 2.24) is 0 Å². The second-order valence-corrected chi connectivity index (χ2v) is 6.60. The number of ether oxygens (including phenoxy) is 1. The molecule has 30 heavy (non-hydrogen) atoms. The second-order valence-electron chi connectivity index (χ2n) is 6.60. The minimum atomic E-state index is -0.141. The van der Waals surface area contributed by atoms with E-state index in [9.17, 15) is 5.11 Å². The van der Waals surface area contributed by atoms with Crippen molar-refractivity contribution < 1.29 is 9.84 Å². The standard InChI is InChI=1S/C27H23NO2/c1-21(26(17-18-27(29)30-2)23-13-7-4-8-14-23)25-16-10-9-15-24(25)20-28-19-22-11-5-3-6-12-22/h3-18,20H,1-2H3/p+1/b24-20-,25-21+,26-17-,27-18+. The van der Waals surface area contributed by atoms with Gasteiger partial charge in [0.05, 0.1) is 12.3 Å². The molecule has 0 fully saturated rings. The van der Waals surface area contributed by atoms with E-state index in [0.29, 0.717) is 0 Å². The molecule has 0 radical (unpaired) electrons. The molecular formula is C27H24NO2+. The number of aliphatic hydroxyl groups is 1. The van der Waals surface area contributed by atoms with Gasteiger partial charge >= 0.3 is 12.3 Å². The van der Waals surface area contributed by atoms with Crippen molar-refractivity contribution in [2.24, 2.45) is 0 Å². The first-order chi connectivity index (χ1) is 14.7. The average molecular weight is 394 g/mol. The van der Waals surface area contributed by atoms with Crippen LogP contribution in [0.3, 0.4) is 0 Å². The van der Waals surface area contributed by atoms with Gasteiger partial charge in [0, 0.05) is 6.08 Å². The van der Waals surface area contributed by atoms with Crippen molar-refractivity contribution >= 4 is 17.3 Å². The number of allylic oxidation sites excluding steroid dienone is 3. The maximum Gasteiger partial charge on any atom is 0.319 e. The van der Waals surface area contributed by atoms with Crippen LogP contribution in [0.25, 0.3) is 22.2 Å². The molecule has 0 aliphatic carbocycles.